The van der Waals surface area contributed by atoms with Crippen LogP contribution in [0.1, 0.15) is 15.4 Å². The molecule has 5 nitrogen and oxygen atoms in total. The van der Waals surface area contributed by atoms with Gasteiger partial charge < -0.3 is 14.6 Å². The van der Waals surface area contributed by atoms with Crippen LogP contribution in [0.25, 0.3) is 10.6 Å². The number of carboxylic acid groups (broad SMARTS) is 1. The zero-order valence-corrected chi connectivity index (χ0v) is 11.6. The molecule has 0 saturated heterocycles. The average Bonchev–Trinajstić information content (AvgIpc) is 2.80. The van der Waals surface area contributed by atoms with Crippen LogP contribution >= 0.6 is 11.3 Å². The third-order valence-electron chi connectivity index (χ3n) is 2.60. The molecule has 1 N–H and O–H groups in total. The SMILES string of the molecule is COc1cc(OC)cc(-c2nc(C(=O)O)c(C)s2)c1. The molecule has 19 heavy (non-hydrogen) atoms. The molecule has 1 aromatic carbocycles. The van der Waals surface area contributed by atoms with Gasteiger partial charge in [-0.2, -0.15) is 0 Å². The number of methoxy groups -OCH3 is 2. The largest absolute Gasteiger partial charge is 0.497 e. The number of carbonyl (C=O) groups is 1. The fraction of sp³-hybridized carbons (Fsp3) is 0.231. The van der Waals surface area contributed by atoms with Crippen molar-refractivity contribution in [1.82, 2.24) is 4.98 Å². The summed E-state index contributed by atoms with van der Waals surface area (Å²) in [4.78, 5) is 15.8. The lowest BCUT2D eigenvalue weighted by atomic mass is 10.2. The molecule has 1 heterocycles. The Labute approximate surface area is 114 Å². The maximum Gasteiger partial charge on any atom is 0.355 e. The van der Waals surface area contributed by atoms with Crippen LogP contribution in [0.15, 0.2) is 18.2 Å². The molecule has 2 aromatic rings. The third-order valence-corrected chi connectivity index (χ3v) is 3.62. The van der Waals surface area contributed by atoms with Crippen LogP contribution < -0.4 is 9.47 Å². The normalized spacial score (nSPS) is 10.3. The number of carboxylic acids is 1. The van der Waals surface area contributed by atoms with E-state index in [4.69, 9.17) is 14.6 Å². The molecule has 6 heteroatoms. The summed E-state index contributed by atoms with van der Waals surface area (Å²) in [5, 5.41) is 9.65. The van der Waals surface area contributed by atoms with Gasteiger partial charge in [-0.15, -0.1) is 11.3 Å². The van der Waals surface area contributed by atoms with Gasteiger partial charge in [-0.25, -0.2) is 9.78 Å². The molecule has 0 amide bonds. The second-order valence-corrected chi connectivity index (χ2v) is 5.03. The van der Waals surface area contributed by atoms with Gasteiger partial charge in [0.2, 0.25) is 0 Å². The molecule has 0 aliphatic carbocycles. The highest BCUT2D eigenvalue weighted by atomic mass is 32.1. The average molecular weight is 279 g/mol. The molecule has 2 rings (SSSR count). The minimum atomic E-state index is -1.02. The van der Waals surface area contributed by atoms with Crippen molar-refractivity contribution in [2.75, 3.05) is 14.2 Å². The molecule has 0 atom stereocenters. The van der Waals surface area contributed by atoms with Gasteiger partial charge in [0.25, 0.3) is 0 Å². The fourth-order valence-electron chi connectivity index (χ4n) is 1.65. The molecule has 0 unspecified atom stereocenters. The lowest BCUT2D eigenvalue weighted by molar-refractivity contribution is 0.0690. The van der Waals surface area contributed by atoms with Gasteiger partial charge in [0.05, 0.1) is 14.2 Å². The summed E-state index contributed by atoms with van der Waals surface area (Å²) in [6.07, 6.45) is 0. The highest BCUT2D eigenvalue weighted by Gasteiger charge is 2.16. The van der Waals surface area contributed by atoms with Crippen molar-refractivity contribution in [3.63, 3.8) is 0 Å². The van der Waals surface area contributed by atoms with E-state index in [1.807, 2.05) is 0 Å². The minimum absolute atomic E-state index is 0.0850. The monoisotopic (exact) mass is 279 g/mol. The predicted molar refractivity (Wildman–Crippen MR) is 72.4 cm³/mol. The topological polar surface area (TPSA) is 68.7 Å². The molecule has 0 radical (unpaired) electrons. The van der Waals surface area contributed by atoms with E-state index in [9.17, 15) is 4.79 Å². The zero-order valence-electron chi connectivity index (χ0n) is 10.8. The molecule has 0 saturated carbocycles. The van der Waals surface area contributed by atoms with Crippen LogP contribution in [0.2, 0.25) is 0 Å². The van der Waals surface area contributed by atoms with Crippen molar-refractivity contribution >= 4 is 17.3 Å². The summed E-state index contributed by atoms with van der Waals surface area (Å²) >= 11 is 1.33. The number of nitrogens with zero attached hydrogens (tertiary/aromatic N) is 1. The van der Waals surface area contributed by atoms with Crippen LogP contribution in [-0.2, 0) is 0 Å². The van der Waals surface area contributed by atoms with Gasteiger partial charge in [0, 0.05) is 16.5 Å². The third kappa shape index (κ3) is 2.68. The first-order chi connectivity index (χ1) is 9.05. The Bertz CT molecular complexity index is 599. The number of aryl methyl sites for hydroxylation is 1. The van der Waals surface area contributed by atoms with Crippen LogP contribution in [0.5, 0.6) is 11.5 Å². The Morgan fingerprint density at radius 2 is 1.79 bits per heavy atom. The number of hydrogen-bond acceptors (Lipinski definition) is 5. The van der Waals surface area contributed by atoms with Crippen LogP contribution in [0.4, 0.5) is 0 Å². The van der Waals surface area contributed by atoms with Crippen molar-refractivity contribution in [2.45, 2.75) is 6.92 Å². The van der Waals surface area contributed by atoms with E-state index < -0.39 is 5.97 Å². The number of aromatic carboxylic acids is 1. The van der Waals surface area contributed by atoms with Gasteiger partial charge in [-0.05, 0) is 19.1 Å². The van der Waals surface area contributed by atoms with Crippen LogP contribution in [0, 0.1) is 6.92 Å². The highest BCUT2D eigenvalue weighted by Crippen LogP contribution is 2.33. The minimum Gasteiger partial charge on any atom is -0.497 e. The van der Waals surface area contributed by atoms with E-state index in [0.29, 0.717) is 21.4 Å². The number of aromatic nitrogens is 1. The summed E-state index contributed by atoms with van der Waals surface area (Å²) in [7, 11) is 3.13. The van der Waals surface area contributed by atoms with Crippen molar-refractivity contribution in [3.05, 3.63) is 28.8 Å². The number of benzene rings is 1. The first-order valence-corrected chi connectivity index (χ1v) is 6.31. The Morgan fingerprint density at radius 1 is 1.21 bits per heavy atom. The molecule has 0 aliphatic rings. The summed E-state index contributed by atoms with van der Waals surface area (Å²) in [5.41, 5.74) is 0.860. The fourth-order valence-corrected chi connectivity index (χ4v) is 2.54. The van der Waals surface area contributed by atoms with Crippen LogP contribution in [0.3, 0.4) is 0 Å². The molecular weight excluding hydrogens is 266 g/mol. The Hall–Kier alpha value is -2.08. The van der Waals surface area contributed by atoms with Gasteiger partial charge in [-0.1, -0.05) is 0 Å². The predicted octanol–water partition coefficient (Wildman–Crippen LogP) is 2.83. The maximum absolute atomic E-state index is 11.0. The summed E-state index contributed by atoms with van der Waals surface area (Å²) in [5.74, 6) is 0.257. The molecule has 0 aliphatic heterocycles. The van der Waals surface area contributed by atoms with E-state index in [2.05, 4.69) is 4.98 Å². The summed E-state index contributed by atoms with van der Waals surface area (Å²) < 4.78 is 10.4. The lowest BCUT2D eigenvalue weighted by Crippen LogP contribution is -1.98. The first kappa shape index (κ1) is 13.4. The maximum atomic E-state index is 11.0. The molecular formula is C13H13NO4S. The van der Waals surface area contributed by atoms with Gasteiger partial charge in [0.1, 0.15) is 16.5 Å². The van der Waals surface area contributed by atoms with E-state index in [1.165, 1.54) is 11.3 Å². The van der Waals surface area contributed by atoms with Gasteiger partial charge in [0.15, 0.2) is 5.69 Å². The van der Waals surface area contributed by atoms with Gasteiger partial charge >= 0.3 is 5.97 Å². The van der Waals surface area contributed by atoms with E-state index in [0.717, 1.165) is 5.56 Å². The van der Waals surface area contributed by atoms with Crippen molar-refractivity contribution in [1.29, 1.82) is 0 Å². The van der Waals surface area contributed by atoms with E-state index in [1.54, 1.807) is 39.3 Å². The number of rotatable bonds is 4. The number of thiazole rings is 1. The van der Waals surface area contributed by atoms with E-state index >= 15 is 0 Å². The van der Waals surface area contributed by atoms with E-state index in [-0.39, 0.29) is 5.69 Å². The molecule has 0 spiro atoms. The molecule has 100 valence electrons. The number of ether oxygens (including phenoxy) is 2. The Balaban J connectivity index is 2.51. The second kappa shape index (κ2) is 5.27. The standard InChI is InChI=1S/C13H13NO4S/c1-7-11(13(15)16)14-12(19-7)8-4-9(17-2)6-10(5-8)18-3/h4-6H,1-3H3,(H,15,16). The second-order valence-electron chi connectivity index (χ2n) is 3.83. The van der Waals surface area contributed by atoms with Crippen molar-refractivity contribution in [3.8, 4) is 22.1 Å². The van der Waals surface area contributed by atoms with Crippen molar-refractivity contribution < 1.29 is 19.4 Å². The van der Waals surface area contributed by atoms with Gasteiger partial charge in [-0.3, -0.25) is 0 Å². The Morgan fingerprint density at radius 3 is 2.21 bits per heavy atom. The smallest absolute Gasteiger partial charge is 0.355 e. The molecule has 0 fully saturated rings. The molecule has 1 aromatic heterocycles. The van der Waals surface area contributed by atoms with Crippen LogP contribution in [-0.4, -0.2) is 30.3 Å². The number of hydrogen-bond donors (Lipinski definition) is 1. The van der Waals surface area contributed by atoms with Crippen molar-refractivity contribution in [2.24, 2.45) is 0 Å². The zero-order chi connectivity index (χ0) is 14.0. The summed E-state index contributed by atoms with van der Waals surface area (Å²) in [6.45, 7) is 1.74. The summed E-state index contributed by atoms with van der Waals surface area (Å²) in [6, 6.07) is 5.35. The Kier molecular flexibility index (Phi) is 3.71. The first-order valence-electron chi connectivity index (χ1n) is 5.49. The lowest BCUT2D eigenvalue weighted by Gasteiger charge is -2.06. The molecule has 0 bridgehead atoms. The highest BCUT2D eigenvalue weighted by molar-refractivity contribution is 7.15. The quantitative estimate of drug-likeness (QED) is 0.932.